The monoisotopic (exact) mass is 378 g/mol. The Kier molecular flexibility index (Phi) is 10.2. The Morgan fingerprint density at radius 2 is 1.81 bits per heavy atom. The lowest BCUT2D eigenvalue weighted by Crippen LogP contribution is -2.36. The molecule has 0 amide bonds. The van der Waals surface area contributed by atoms with E-state index >= 15 is 0 Å². The van der Waals surface area contributed by atoms with Gasteiger partial charge in [0.1, 0.15) is 12.3 Å². The zero-order chi connectivity index (χ0) is 20.5. The summed E-state index contributed by atoms with van der Waals surface area (Å²) in [4.78, 5) is 25.3. The van der Waals surface area contributed by atoms with Gasteiger partial charge in [-0.15, -0.1) is 0 Å². The van der Waals surface area contributed by atoms with Crippen molar-refractivity contribution in [2.75, 3.05) is 27.2 Å². The number of carbonyl (C=O) groups is 2. The Morgan fingerprint density at radius 3 is 2.19 bits per heavy atom. The van der Waals surface area contributed by atoms with E-state index in [9.17, 15) is 27.9 Å². The molecule has 0 aromatic rings. The third kappa shape index (κ3) is 8.51. The van der Waals surface area contributed by atoms with Gasteiger partial charge in [0.2, 0.25) is 0 Å². The summed E-state index contributed by atoms with van der Waals surface area (Å²) in [7, 11) is 3.22. The van der Waals surface area contributed by atoms with Crippen LogP contribution in [0.5, 0.6) is 0 Å². The van der Waals surface area contributed by atoms with Gasteiger partial charge in [-0.2, -0.15) is 13.2 Å². The normalized spacial score (nSPS) is 14.7. The number of carboxylic acid groups (broad SMARTS) is 1. The highest BCUT2D eigenvalue weighted by Gasteiger charge is 2.36. The van der Waals surface area contributed by atoms with Crippen LogP contribution in [0.3, 0.4) is 0 Å². The Balaban J connectivity index is 5.87. The number of aldehydes is 1. The SMILES string of the molecule is CCN(C)CCC(=C/N(C)C(CC(C)C)C(=O)O)/C(=C\C=O)C(F)(F)F. The third-order valence-electron chi connectivity index (χ3n) is 4.02. The molecule has 0 spiro atoms. The zero-order valence-corrected chi connectivity index (χ0v) is 16.0. The first-order valence-electron chi connectivity index (χ1n) is 8.50. The summed E-state index contributed by atoms with van der Waals surface area (Å²) in [5, 5.41) is 9.39. The number of carbonyl (C=O) groups excluding carboxylic acids is 1. The molecule has 0 aliphatic heterocycles. The number of hydrogen-bond acceptors (Lipinski definition) is 4. The standard InChI is InChI=1S/C18H29F3N2O3/c1-6-22(4)9-7-14(15(8-10-24)18(19,20)21)12-23(5)16(17(25)26)11-13(2)3/h8,10,12-13,16H,6-7,9,11H2,1-5H3,(H,25,26)/b14-12-,15-8+. The summed E-state index contributed by atoms with van der Waals surface area (Å²) < 4.78 is 40.1. The molecule has 1 unspecified atom stereocenters. The summed E-state index contributed by atoms with van der Waals surface area (Å²) >= 11 is 0. The summed E-state index contributed by atoms with van der Waals surface area (Å²) in [5.41, 5.74) is -1.15. The van der Waals surface area contributed by atoms with E-state index in [4.69, 9.17) is 0 Å². The third-order valence-corrected chi connectivity index (χ3v) is 4.02. The van der Waals surface area contributed by atoms with Crippen molar-refractivity contribution in [1.82, 2.24) is 9.80 Å². The van der Waals surface area contributed by atoms with Crippen LogP contribution in [-0.4, -0.2) is 66.6 Å². The molecule has 0 aromatic heterocycles. The average Bonchev–Trinajstić information content (AvgIpc) is 2.52. The molecule has 0 aromatic carbocycles. The Morgan fingerprint density at radius 1 is 1.23 bits per heavy atom. The fraction of sp³-hybridized carbons (Fsp3) is 0.667. The van der Waals surface area contributed by atoms with Crippen molar-refractivity contribution in [2.24, 2.45) is 5.92 Å². The van der Waals surface area contributed by atoms with E-state index in [1.54, 1.807) is 7.05 Å². The number of alkyl halides is 3. The molecule has 0 fully saturated rings. The van der Waals surface area contributed by atoms with E-state index in [-0.39, 0.29) is 24.2 Å². The Labute approximate surface area is 153 Å². The molecular formula is C18H29F3N2O3. The highest BCUT2D eigenvalue weighted by atomic mass is 19.4. The maximum absolute atomic E-state index is 13.4. The second kappa shape index (κ2) is 11.0. The molecule has 8 heteroatoms. The largest absolute Gasteiger partial charge is 0.480 e. The maximum atomic E-state index is 13.4. The number of halogens is 3. The van der Waals surface area contributed by atoms with Crippen molar-refractivity contribution >= 4 is 12.3 Å². The van der Waals surface area contributed by atoms with E-state index in [0.29, 0.717) is 25.6 Å². The van der Waals surface area contributed by atoms with Crippen LogP contribution in [0.4, 0.5) is 13.2 Å². The topological polar surface area (TPSA) is 60.9 Å². The van der Waals surface area contributed by atoms with Gasteiger partial charge in [-0.3, -0.25) is 4.79 Å². The van der Waals surface area contributed by atoms with Crippen molar-refractivity contribution in [3.8, 4) is 0 Å². The van der Waals surface area contributed by atoms with Crippen molar-refractivity contribution in [2.45, 2.75) is 45.8 Å². The number of likely N-dealkylation sites (N-methyl/N-ethyl adjacent to an activating group) is 1. The molecule has 150 valence electrons. The van der Waals surface area contributed by atoms with Gasteiger partial charge in [0, 0.05) is 19.8 Å². The highest BCUT2D eigenvalue weighted by Crippen LogP contribution is 2.33. The smallest absolute Gasteiger partial charge is 0.416 e. The lowest BCUT2D eigenvalue weighted by molar-refractivity contribution is -0.142. The van der Waals surface area contributed by atoms with Crippen LogP contribution in [-0.2, 0) is 9.59 Å². The van der Waals surface area contributed by atoms with Crippen molar-refractivity contribution < 1.29 is 27.9 Å². The highest BCUT2D eigenvalue weighted by molar-refractivity contribution is 5.73. The minimum Gasteiger partial charge on any atom is -0.480 e. The predicted octanol–water partition coefficient (Wildman–Crippen LogP) is 3.33. The molecule has 26 heavy (non-hydrogen) atoms. The van der Waals surface area contributed by atoms with Gasteiger partial charge in [0.05, 0.1) is 5.57 Å². The Bertz CT molecular complexity index is 528. The van der Waals surface area contributed by atoms with Crippen molar-refractivity contribution in [3.05, 3.63) is 23.4 Å². The van der Waals surface area contributed by atoms with Gasteiger partial charge in [0.25, 0.3) is 0 Å². The van der Waals surface area contributed by atoms with Crippen LogP contribution in [0.25, 0.3) is 0 Å². The van der Waals surface area contributed by atoms with Gasteiger partial charge in [0.15, 0.2) is 0 Å². The molecule has 1 atom stereocenters. The molecule has 0 aliphatic carbocycles. The first-order chi connectivity index (χ1) is 11.9. The lowest BCUT2D eigenvalue weighted by Gasteiger charge is -2.27. The van der Waals surface area contributed by atoms with E-state index in [1.165, 1.54) is 18.1 Å². The molecule has 0 saturated carbocycles. The average molecular weight is 378 g/mol. The molecule has 0 rings (SSSR count). The van der Waals surface area contributed by atoms with Gasteiger partial charge in [-0.05, 0) is 44.0 Å². The first-order valence-corrected chi connectivity index (χ1v) is 8.50. The number of hydrogen-bond donors (Lipinski definition) is 1. The second-order valence-corrected chi connectivity index (χ2v) is 6.66. The quantitative estimate of drug-likeness (QED) is 0.339. The number of rotatable bonds is 11. The summed E-state index contributed by atoms with van der Waals surface area (Å²) in [6.45, 7) is 6.58. The van der Waals surface area contributed by atoms with Crippen LogP contribution < -0.4 is 0 Å². The van der Waals surface area contributed by atoms with Crippen LogP contribution in [0.1, 0.15) is 33.6 Å². The molecule has 1 N–H and O–H groups in total. The lowest BCUT2D eigenvalue weighted by atomic mass is 10.00. The molecule has 0 radical (unpaired) electrons. The maximum Gasteiger partial charge on any atom is 0.416 e. The molecular weight excluding hydrogens is 349 g/mol. The predicted molar refractivity (Wildman–Crippen MR) is 94.7 cm³/mol. The van der Waals surface area contributed by atoms with Gasteiger partial charge in [-0.25, -0.2) is 4.79 Å². The minimum atomic E-state index is -4.70. The fourth-order valence-corrected chi connectivity index (χ4v) is 2.41. The molecule has 0 heterocycles. The van der Waals surface area contributed by atoms with Crippen LogP contribution in [0.2, 0.25) is 0 Å². The second-order valence-electron chi connectivity index (χ2n) is 6.66. The summed E-state index contributed by atoms with van der Waals surface area (Å²) in [6, 6.07) is -0.945. The van der Waals surface area contributed by atoms with Gasteiger partial charge in [-0.1, -0.05) is 20.8 Å². The number of aliphatic carboxylic acids is 1. The molecule has 5 nitrogen and oxygen atoms in total. The number of nitrogens with zero attached hydrogens (tertiary/aromatic N) is 2. The van der Waals surface area contributed by atoms with E-state index in [0.717, 1.165) is 0 Å². The summed E-state index contributed by atoms with van der Waals surface area (Å²) in [6.07, 6.45) is -2.57. The first kappa shape index (κ1) is 24.2. The zero-order valence-electron chi connectivity index (χ0n) is 16.0. The van der Waals surface area contributed by atoms with E-state index in [2.05, 4.69) is 0 Å². The number of allylic oxidation sites excluding steroid dienone is 2. The van der Waals surface area contributed by atoms with Crippen LogP contribution >= 0.6 is 0 Å². The van der Waals surface area contributed by atoms with Crippen LogP contribution in [0, 0.1) is 5.92 Å². The van der Waals surface area contributed by atoms with E-state index < -0.39 is 23.8 Å². The fourth-order valence-electron chi connectivity index (χ4n) is 2.41. The molecule has 0 aliphatic rings. The minimum absolute atomic E-state index is 0.0435. The van der Waals surface area contributed by atoms with Crippen molar-refractivity contribution in [1.29, 1.82) is 0 Å². The van der Waals surface area contributed by atoms with Crippen LogP contribution in [0.15, 0.2) is 23.4 Å². The summed E-state index contributed by atoms with van der Waals surface area (Å²) in [5.74, 6) is -1.04. The van der Waals surface area contributed by atoms with Crippen molar-refractivity contribution in [3.63, 3.8) is 0 Å². The van der Waals surface area contributed by atoms with Gasteiger partial charge < -0.3 is 14.9 Å². The van der Waals surface area contributed by atoms with Gasteiger partial charge >= 0.3 is 12.1 Å². The van der Waals surface area contributed by atoms with E-state index in [1.807, 2.05) is 25.7 Å². The number of carboxylic acids is 1. The molecule has 0 saturated heterocycles. The Hall–Kier alpha value is -1.83. The molecule has 0 bridgehead atoms.